The molecule has 0 saturated carbocycles. The molecule has 0 atom stereocenters. The molecule has 1 aromatic heterocycles. The molecule has 9 heteroatoms. The number of carbonyl (C=O) groups excluding carboxylic acids is 1. The first-order chi connectivity index (χ1) is 14.1. The highest BCUT2D eigenvalue weighted by Crippen LogP contribution is 2.22. The number of benzene rings is 2. The lowest BCUT2D eigenvalue weighted by Crippen LogP contribution is -2.24. The number of nitro groups is 1. The van der Waals surface area contributed by atoms with Crippen molar-refractivity contribution >= 4 is 23.4 Å². The van der Waals surface area contributed by atoms with E-state index in [4.69, 9.17) is 4.74 Å². The molecule has 3 rings (SSSR count). The van der Waals surface area contributed by atoms with Crippen molar-refractivity contribution < 1.29 is 14.5 Å². The fourth-order valence-corrected chi connectivity index (χ4v) is 3.18. The molecule has 2 aromatic carbocycles. The molecule has 148 valence electrons. The van der Waals surface area contributed by atoms with Gasteiger partial charge in [0.2, 0.25) is 5.91 Å². The Labute approximate surface area is 171 Å². The summed E-state index contributed by atoms with van der Waals surface area (Å²) in [6, 6.07) is 17.1. The lowest BCUT2D eigenvalue weighted by Gasteiger charge is -2.09. The molecule has 3 aromatic rings. The average Bonchev–Trinajstić information content (AvgIpc) is 2.77. The summed E-state index contributed by atoms with van der Waals surface area (Å²) < 4.78 is 5.26. The number of amides is 1. The molecule has 29 heavy (non-hydrogen) atoms. The number of hydrogen-bond acceptors (Lipinski definition) is 7. The standard InChI is InChI=1S/C20H18N4O4S/c1-28-18-5-3-2-4-15(18)12-21-19(25)13-29-20-11-10-17(22-23-20)14-6-8-16(9-7-14)24(26)27/h2-11H,12-13H2,1H3,(H,21,25). The van der Waals surface area contributed by atoms with Gasteiger partial charge in [-0.1, -0.05) is 30.0 Å². The molecule has 0 bridgehead atoms. The largest absolute Gasteiger partial charge is 0.496 e. The van der Waals surface area contributed by atoms with Crippen molar-refractivity contribution in [2.45, 2.75) is 11.6 Å². The number of ether oxygens (including phenoxy) is 1. The summed E-state index contributed by atoms with van der Waals surface area (Å²) >= 11 is 1.28. The van der Waals surface area contributed by atoms with Crippen LogP contribution in [0, 0.1) is 10.1 Å². The first-order valence-electron chi connectivity index (χ1n) is 8.67. The SMILES string of the molecule is COc1ccccc1CNC(=O)CSc1ccc(-c2ccc([N+](=O)[O-])cc2)nn1. The highest BCUT2D eigenvalue weighted by atomic mass is 32.2. The second-order valence-electron chi connectivity index (χ2n) is 5.94. The lowest BCUT2D eigenvalue weighted by molar-refractivity contribution is -0.384. The first-order valence-corrected chi connectivity index (χ1v) is 9.65. The maximum Gasteiger partial charge on any atom is 0.269 e. The monoisotopic (exact) mass is 410 g/mol. The van der Waals surface area contributed by atoms with Crippen molar-refractivity contribution in [1.29, 1.82) is 0 Å². The smallest absolute Gasteiger partial charge is 0.269 e. The Morgan fingerprint density at radius 2 is 1.86 bits per heavy atom. The van der Waals surface area contributed by atoms with Gasteiger partial charge >= 0.3 is 0 Å². The van der Waals surface area contributed by atoms with Crippen LogP contribution in [0.1, 0.15) is 5.56 Å². The van der Waals surface area contributed by atoms with Crippen LogP contribution in [-0.2, 0) is 11.3 Å². The third-order valence-corrected chi connectivity index (χ3v) is 4.95. The zero-order chi connectivity index (χ0) is 20.6. The second kappa shape index (κ2) is 9.65. The van der Waals surface area contributed by atoms with Crippen LogP contribution in [0.15, 0.2) is 65.7 Å². The maximum atomic E-state index is 12.1. The van der Waals surface area contributed by atoms with Crippen molar-refractivity contribution in [2.75, 3.05) is 12.9 Å². The van der Waals surface area contributed by atoms with Crippen LogP contribution in [-0.4, -0.2) is 33.9 Å². The molecule has 0 fully saturated rings. The number of rotatable bonds is 8. The van der Waals surface area contributed by atoms with E-state index >= 15 is 0 Å². The molecule has 8 nitrogen and oxygen atoms in total. The highest BCUT2D eigenvalue weighted by Gasteiger charge is 2.09. The molecular formula is C20H18N4O4S. The van der Waals surface area contributed by atoms with Gasteiger partial charge < -0.3 is 10.1 Å². The molecule has 0 aliphatic heterocycles. The molecule has 0 radical (unpaired) electrons. The Hall–Kier alpha value is -3.46. The molecule has 0 aliphatic carbocycles. The van der Waals surface area contributed by atoms with Gasteiger partial charge in [0.1, 0.15) is 10.8 Å². The Morgan fingerprint density at radius 1 is 1.10 bits per heavy atom. The number of methoxy groups -OCH3 is 1. The Bertz CT molecular complexity index is 994. The zero-order valence-corrected chi connectivity index (χ0v) is 16.4. The van der Waals surface area contributed by atoms with Gasteiger partial charge in [0.05, 0.1) is 23.5 Å². The summed E-state index contributed by atoms with van der Waals surface area (Å²) in [5.74, 6) is 0.816. The molecule has 0 aliphatic rings. The van der Waals surface area contributed by atoms with Crippen molar-refractivity contribution in [2.24, 2.45) is 0 Å². The Kier molecular flexibility index (Phi) is 6.75. The molecule has 1 N–H and O–H groups in total. The van der Waals surface area contributed by atoms with E-state index in [1.165, 1.54) is 23.9 Å². The topological polar surface area (TPSA) is 107 Å². The molecule has 1 amide bonds. The minimum atomic E-state index is -0.450. The van der Waals surface area contributed by atoms with E-state index in [2.05, 4.69) is 15.5 Å². The predicted octanol–water partition coefficient (Wildman–Crippen LogP) is 3.47. The minimum Gasteiger partial charge on any atom is -0.496 e. The predicted molar refractivity (Wildman–Crippen MR) is 110 cm³/mol. The number of carbonyl (C=O) groups is 1. The number of hydrogen-bond donors (Lipinski definition) is 1. The number of thioether (sulfide) groups is 1. The number of nitrogens with one attached hydrogen (secondary N) is 1. The second-order valence-corrected chi connectivity index (χ2v) is 6.93. The van der Waals surface area contributed by atoms with E-state index in [1.807, 2.05) is 24.3 Å². The van der Waals surface area contributed by atoms with Crippen LogP contribution in [0.2, 0.25) is 0 Å². The van der Waals surface area contributed by atoms with Crippen molar-refractivity contribution in [3.8, 4) is 17.0 Å². The van der Waals surface area contributed by atoms with E-state index in [1.54, 1.807) is 31.4 Å². The minimum absolute atomic E-state index is 0.0213. The van der Waals surface area contributed by atoms with Gasteiger partial charge in [-0.25, -0.2) is 0 Å². The zero-order valence-electron chi connectivity index (χ0n) is 15.6. The quantitative estimate of drug-likeness (QED) is 0.344. The number of para-hydroxylation sites is 1. The summed E-state index contributed by atoms with van der Waals surface area (Å²) in [6.07, 6.45) is 0. The number of non-ortho nitro benzene ring substituents is 1. The fourth-order valence-electron chi connectivity index (χ4n) is 2.54. The summed E-state index contributed by atoms with van der Waals surface area (Å²) in [5.41, 5.74) is 2.26. The van der Waals surface area contributed by atoms with Crippen LogP contribution in [0.25, 0.3) is 11.3 Å². The van der Waals surface area contributed by atoms with Gasteiger partial charge in [0.25, 0.3) is 5.69 Å². The van der Waals surface area contributed by atoms with E-state index < -0.39 is 4.92 Å². The van der Waals surface area contributed by atoms with E-state index in [9.17, 15) is 14.9 Å². The van der Waals surface area contributed by atoms with Gasteiger partial charge in [-0.3, -0.25) is 14.9 Å². The number of nitro benzene ring substituents is 1. The van der Waals surface area contributed by atoms with Gasteiger partial charge in [-0.05, 0) is 30.3 Å². The third-order valence-electron chi connectivity index (χ3n) is 4.03. The summed E-state index contributed by atoms with van der Waals surface area (Å²) in [7, 11) is 1.59. The van der Waals surface area contributed by atoms with Gasteiger partial charge in [-0.15, -0.1) is 10.2 Å². The van der Waals surface area contributed by atoms with Gasteiger partial charge in [-0.2, -0.15) is 0 Å². The highest BCUT2D eigenvalue weighted by molar-refractivity contribution is 7.99. The number of aromatic nitrogens is 2. The molecule has 0 saturated heterocycles. The van der Waals surface area contributed by atoms with Gasteiger partial charge in [0, 0.05) is 29.8 Å². The van der Waals surface area contributed by atoms with E-state index in [-0.39, 0.29) is 17.3 Å². The van der Waals surface area contributed by atoms with Crippen molar-refractivity contribution in [1.82, 2.24) is 15.5 Å². The van der Waals surface area contributed by atoms with E-state index in [0.717, 1.165) is 16.9 Å². The van der Waals surface area contributed by atoms with Crippen LogP contribution in [0.5, 0.6) is 5.75 Å². The number of nitrogens with zero attached hydrogens (tertiary/aromatic N) is 3. The van der Waals surface area contributed by atoms with Crippen LogP contribution >= 0.6 is 11.8 Å². The fraction of sp³-hybridized carbons (Fsp3) is 0.150. The van der Waals surface area contributed by atoms with Crippen molar-refractivity contribution in [3.05, 3.63) is 76.3 Å². The average molecular weight is 410 g/mol. The van der Waals surface area contributed by atoms with Crippen molar-refractivity contribution in [3.63, 3.8) is 0 Å². The molecule has 0 unspecified atom stereocenters. The van der Waals surface area contributed by atoms with Crippen LogP contribution in [0.3, 0.4) is 0 Å². The summed E-state index contributed by atoms with van der Waals surface area (Å²) in [4.78, 5) is 22.4. The maximum absolute atomic E-state index is 12.1. The Morgan fingerprint density at radius 3 is 2.52 bits per heavy atom. The summed E-state index contributed by atoms with van der Waals surface area (Å²) in [5, 5.41) is 22.4. The molecule has 0 spiro atoms. The van der Waals surface area contributed by atoms with Crippen LogP contribution < -0.4 is 10.1 Å². The third kappa shape index (κ3) is 5.52. The lowest BCUT2D eigenvalue weighted by atomic mass is 10.1. The van der Waals surface area contributed by atoms with Crippen LogP contribution in [0.4, 0.5) is 5.69 Å². The van der Waals surface area contributed by atoms with E-state index in [0.29, 0.717) is 17.3 Å². The molecule has 1 heterocycles. The normalized spacial score (nSPS) is 10.4. The Balaban J connectivity index is 1.52. The summed E-state index contributed by atoms with van der Waals surface area (Å²) in [6.45, 7) is 0.383. The molecular weight excluding hydrogens is 392 g/mol. The van der Waals surface area contributed by atoms with Gasteiger partial charge in [0.15, 0.2) is 0 Å². The first kappa shape index (κ1) is 20.3.